The molecule has 0 aromatic carbocycles. The molecule has 0 saturated carbocycles. The number of morpholine rings is 1. The van der Waals surface area contributed by atoms with Gasteiger partial charge in [0.15, 0.2) is 6.29 Å². The van der Waals surface area contributed by atoms with Crippen LogP contribution in [-0.2, 0) is 14.2 Å². The largest absolute Gasteiger partial charge is 0.370 e. The van der Waals surface area contributed by atoms with Crippen molar-refractivity contribution in [1.29, 1.82) is 0 Å². The van der Waals surface area contributed by atoms with Crippen LogP contribution in [0.5, 0.6) is 0 Å². The van der Waals surface area contributed by atoms with E-state index in [0.29, 0.717) is 0 Å². The van der Waals surface area contributed by atoms with Crippen LogP contribution in [0.25, 0.3) is 0 Å². The lowest BCUT2D eigenvalue weighted by Crippen LogP contribution is -2.53. The van der Waals surface area contributed by atoms with Crippen molar-refractivity contribution in [2.24, 2.45) is 0 Å². The molecule has 1 unspecified atom stereocenters. The van der Waals surface area contributed by atoms with Gasteiger partial charge in [-0.15, -0.1) is 0 Å². The third-order valence-corrected chi connectivity index (χ3v) is 2.57. The third-order valence-electron chi connectivity index (χ3n) is 2.57. The summed E-state index contributed by atoms with van der Waals surface area (Å²) in [4.78, 5) is 2.33. The number of hydrogen-bond donors (Lipinski definition) is 0. The van der Waals surface area contributed by atoms with Crippen LogP contribution in [-0.4, -0.2) is 56.7 Å². The normalized spacial score (nSPS) is 27.2. The minimum atomic E-state index is -0.147. The molecule has 1 aliphatic heterocycles. The van der Waals surface area contributed by atoms with Gasteiger partial charge in [0, 0.05) is 33.9 Å². The lowest BCUT2D eigenvalue weighted by atomic mass is 10.1. The second kappa shape index (κ2) is 5.25. The second-order valence-electron chi connectivity index (χ2n) is 4.78. The molecule has 1 fully saturated rings. The van der Waals surface area contributed by atoms with Crippen LogP contribution in [0, 0.1) is 0 Å². The van der Waals surface area contributed by atoms with Gasteiger partial charge in [0.2, 0.25) is 0 Å². The molecular weight excluding hydrogens is 194 g/mol. The molecule has 0 aromatic heterocycles. The Labute approximate surface area is 92.5 Å². The zero-order chi connectivity index (χ0) is 11.5. The smallest absolute Gasteiger partial charge is 0.169 e. The molecule has 0 aromatic rings. The number of ether oxygens (including phenoxy) is 3. The Morgan fingerprint density at radius 2 is 2.00 bits per heavy atom. The minimum Gasteiger partial charge on any atom is -0.370 e. The summed E-state index contributed by atoms with van der Waals surface area (Å²) in [6, 6.07) is 0. The van der Waals surface area contributed by atoms with Crippen LogP contribution in [0.4, 0.5) is 0 Å². The summed E-state index contributed by atoms with van der Waals surface area (Å²) in [6.07, 6.45) is 0.120. The van der Waals surface area contributed by atoms with Crippen molar-refractivity contribution < 1.29 is 14.2 Å². The molecule has 0 N–H and O–H groups in total. The Balaban J connectivity index is 2.47. The molecule has 15 heavy (non-hydrogen) atoms. The van der Waals surface area contributed by atoms with Crippen LogP contribution in [0.1, 0.15) is 20.8 Å². The Kier molecular flexibility index (Phi) is 4.52. The molecule has 4 heteroatoms. The molecule has 0 amide bonds. The van der Waals surface area contributed by atoms with E-state index in [0.717, 1.165) is 19.6 Å². The summed E-state index contributed by atoms with van der Waals surface area (Å²) in [5.74, 6) is 0. The van der Waals surface area contributed by atoms with Gasteiger partial charge in [-0.25, -0.2) is 0 Å². The minimum absolute atomic E-state index is 0.0797. The first-order valence-electron chi connectivity index (χ1n) is 5.42. The topological polar surface area (TPSA) is 30.9 Å². The Hall–Kier alpha value is -0.160. The first kappa shape index (κ1) is 12.9. The van der Waals surface area contributed by atoms with Crippen LogP contribution < -0.4 is 0 Å². The molecule has 1 rings (SSSR count). The maximum atomic E-state index is 5.83. The van der Waals surface area contributed by atoms with E-state index in [4.69, 9.17) is 14.2 Å². The van der Waals surface area contributed by atoms with Crippen molar-refractivity contribution in [3.63, 3.8) is 0 Å². The van der Waals surface area contributed by atoms with Crippen molar-refractivity contribution in [2.45, 2.75) is 38.8 Å². The molecule has 4 nitrogen and oxygen atoms in total. The average Bonchev–Trinajstić information content (AvgIpc) is 2.10. The maximum Gasteiger partial charge on any atom is 0.169 e. The quantitative estimate of drug-likeness (QED) is 0.660. The van der Waals surface area contributed by atoms with E-state index in [2.05, 4.69) is 25.7 Å². The zero-order valence-electron chi connectivity index (χ0n) is 10.4. The highest BCUT2D eigenvalue weighted by molar-refractivity contribution is 4.82. The number of nitrogens with zero attached hydrogens (tertiary/aromatic N) is 1. The lowest BCUT2D eigenvalue weighted by molar-refractivity contribution is -0.162. The van der Waals surface area contributed by atoms with E-state index in [-0.39, 0.29) is 18.0 Å². The molecule has 1 aliphatic rings. The van der Waals surface area contributed by atoms with Crippen LogP contribution in [0.3, 0.4) is 0 Å². The van der Waals surface area contributed by atoms with Gasteiger partial charge in [-0.3, -0.25) is 4.90 Å². The highest BCUT2D eigenvalue weighted by Crippen LogP contribution is 2.20. The number of methoxy groups -OCH3 is 2. The van der Waals surface area contributed by atoms with Crippen molar-refractivity contribution in [1.82, 2.24) is 4.90 Å². The van der Waals surface area contributed by atoms with Gasteiger partial charge in [0.25, 0.3) is 0 Å². The fourth-order valence-electron chi connectivity index (χ4n) is 2.18. The third kappa shape index (κ3) is 4.07. The first-order valence-corrected chi connectivity index (χ1v) is 5.42. The monoisotopic (exact) mass is 217 g/mol. The van der Waals surface area contributed by atoms with Crippen molar-refractivity contribution in [2.75, 3.05) is 33.9 Å². The molecule has 1 heterocycles. The van der Waals surface area contributed by atoms with Crippen molar-refractivity contribution in [3.8, 4) is 0 Å². The number of rotatable bonds is 4. The molecule has 90 valence electrons. The van der Waals surface area contributed by atoms with Gasteiger partial charge in [-0.2, -0.15) is 0 Å². The van der Waals surface area contributed by atoms with E-state index in [1.54, 1.807) is 14.2 Å². The summed E-state index contributed by atoms with van der Waals surface area (Å²) in [6.45, 7) is 8.98. The fourth-order valence-corrected chi connectivity index (χ4v) is 2.18. The van der Waals surface area contributed by atoms with Crippen LogP contribution in [0.15, 0.2) is 0 Å². The van der Waals surface area contributed by atoms with E-state index >= 15 is 0 Å². The maximum absolute atomic E-state index is 5.83. The highest BCUT2D eigenvalue weighted by atomic mass is 16.7. The van der Waals surface area contributed by atoms with Gasteiger partial charge in [-0.1, -0.05) is 0 Å². The molecular formula is C11H23NO3. The predicted molar refractivity (Wildman–Crippen MR) is 58.9 cm³/mol. The van der Waals surface area contributed by atoms with Crippen LogP contribution >= 0.6 is 0 Å². The average molecular weight is 217 g/mol. The fraction of sp³-hybridized carbons (Fsp3) is 1.00. The van der Waals surface area contributed by atoms with E-state index in [1.165, 1.54) is 0 Å². The first-order chi connectivity index (χ1) is 6.96. The summed E-state index contributed by atoms with van der Waals surface area (Å²) in [5, 5.41) is 0. The SMILES string of the molecule is COC(CN1CC(C)OC(C)(C)C1)OC. The second-order valence-corrected chi connectivity index (χ2v) is 4.78. The van der Waals surface area contributed by atoms with Gasteiger partial charge in [0.1, 0.15) is 0 Å². The molecule has 0 aliphatic carbocycles. The highest BCUT2D eigenvalue weighted by Gasteiger charge is 2.32. The van der Waals surface area contributed by atoms with E-state index < -0.39 is 0 Å². The Morgan fingerprint density at radius 1 is 1.40 bits per heavy atom. The molecule has 0 radical (unpaired) electrons. The summed E-state index contributed by atoms with van der Waals surface area (Å²) in [7, 11) is 3.34. The van der Waals surface area contributed by atoms with Gasteiger partial charge >= 0.3 is 0 Å². The predicted octanol–water partition coefficient (Wildman–Crippen LogP) is 1.10. The Morgan fingerprint density at radius 3 is 2.47 bits per heavy atom. The zero-order valence-corrected chi connectivity index (χ0v) is 10.4. The summed E-state index contributed by atoms with van der Waals surface area (Å²) >= 11 is 0. The number of hydrogen-bond acceptors (Lipinski definition) is 4. The van der Waals surface area contributed by atoms with E-state index in [1.807, 2.05) is 0 Å². The summed E-state index contributed by atoms with van der Waals surface area (Å²) < 4.78 is 16.2. The Bertz CT molecular complexity index is 192. The summed E-state index contributed by atoms with van der Waals surface area (Å²) in [5.41, 5.74) is -0.0797. The van der Waals surface area contributed by atoms with Gasteiger partial charge in [0.05, 0.1) is 11.7 Å². The lowest BCUT2D eigenvalue weighted by Gasteiger charge is -2.42. The van der Waals surface area contributed by atoms with E-state index in [9.17, 15) is 0 Å². The van der Waals surface area contributed by atoms with Gasteiger partial charge in [-0.05, 0) is 20.8 Å². The van der Waals surface area contributed by atoms with Gasteiger partial charge < -0.3 is 14.2 Å². The standard InChI is InChI=1S/C11H23NO3/c1-9-6-12(7-10(13-4)14-5)8-11(2,3)15-9/h9-10H,6-8H2,1-5H3. The van der Waals surface area contributed by atoms with Crippen LogP contribution in [0.2, 0.25) is 0 Å². The molecule has 0 spiro atoms. The molecule has 1 saturated heterocycles. The molecule has 1 atom stereocenters. The van der Waals surface area contributed by atoms with Crippen molar-refractivity contribution in [3.05, 3.63) is 0 Å². The molecule has 0 bridgehead atoms. The van der Waals surface area contributed by atoms with Crippen molar-refractivity contribution >= 4 is 0 Å².